The Morgan fingerprint density at radius 3 is 2.41 bits per heavy atom. The molecular formula is C23H31N3OS2. The minimum Gasteiger partial charge on any atom is -0.353 e. The van der Waals surface area contributed by atoms with Crippen LogP contribution in [-0.4, -0.2) is 28.5 Å². The van der Waals surface area contributed by atoms with E-state index in [1.54, 1.807) is 11.3 Å². The molecule has 0 bridgehead atoms. The first-order valence-electron chi connectivity index (χ1n) is 10.6. The van der Waals surface area contributed by atoms with E-state index < -0.39 is 0 Å². The predicted octanol–water partition coefficient (Wildman–Crippen LogP) is 4.85. The summed E-state index contributed by atoms with van der Waals surface area (Å²) in [4.78, 5) is 15.8. The highest BCUT2D eigenvalue weighted by molar-refractivity contribution is 7.80. The SMILES string of the molecule is O=C(CNC(=S)N(Cc1ccccc1)Cc1cccs1)NC1CCCCCCC1. The van der Waals surface area contributed by atoms with Gasteiger partial charge in [-0.05, 0) is 42.1 Å². The van der Waals surface area contributed by atoms with Gasteiger partial charge in [0.05, 0.1) is 13.1 Å². The maximum absolute atomic E-state index is 12.5. The van der Waals surface area contributed by atoms with E-state index in [2.05, 4.69) is 45.2 Å². The average Bonchev–Trinajstić information content (AvgIpc) is 3.21. The van der Waals surface area contributed by atoms with E-state index in [0.29, 0.717) is 11.2 Å². The molecule has 29 heavy (non-hydrogen) atoms. The fraction of sp³-hybridized carbons (Fsp3) is 0.478. The number of thiophene rings is 1. The molecule has 2 aromatic rings. The fourth-order valence-corrected chi connectivity index (χ4v) is 4.66. The molecule has 1 aromatic heterocycles. The first-order chi connectivity index (χ1) is 14.2. The molecule has 1 aliphatic rings. The maximum atomic E-state index is 12.5. The Balaban J connectivity index is 1.52. The van der Waals surface area contributed by atoms with Crippen molar-refractivity contribution in [2.24, 2.45) is 0 Å². The van der Waals surface area contributed by atoms with Gasteiger partial charge in [-0.25, -0.2) is 0 Å². The van der Waals surface area contributed by atoms with Crippen LogP contribution in [0.3, 0.4) is 0 Å². The molecule has 6 heteroatoms. The van der Waals surface area contributed by atoms with E-state index in [-0.39, 0.29) is 12.5 Å². The number of carbonyl (C=O) groups is 1. The quantitative estimate of drug-likeness (QED) is 0.617. The summed E-state index contributed by atoms with van der Waals surface area (Å²) in [5.74, 6) is 0.0358. The van der Waals surface area contributed by atoms with E-state index in [4.69, 9.17) is 12.2 Å². The molecule has 0 saturated heterocycles. The number of hydrogen-bond acceptors (Lipinski definition) is 3. The van der Waals surface area contributed by atoms with Crippen molar-refractivity contribution in [2.75, 3.05) is 6.54 Å². The fourth-order valence-electron chi connectivity index (χ4n) is 3.74. The Bertz CT molecular complexity index is 741. The predicted molar refractivity (Wildman–Crippen MR) is 125 cm³/mol. The smallest absolute Gasteiger partial charge is 0.239 e. The molecule has 0 atom stereocenters. The lowest BCUT2D eigenvalue weighted by Gasteiger charge is -2.26. The van der Waals surface area contributed by atoms with Crippen LogP contribution >= 0.6 is 23.6 Å². The average molecular weight is 430 g/mol. The Morgan fingerprint density at radius 2 is 1.72 bits per heavy atom. The zero-order chi connectivity index (χ0) is 20.3. The molecule has 1 fully saturated rings. The molecule has 0 spiro atoms. The minimum atomic E-state index is 0.0358. The Morgan fingerprint density at radius 1 is 1.00 bits per heavy atom. The minimum absolute atomic E-state index is 0.0358. The lowest BCUT2D eigenvalue weighted by molar-refractivity contribution is -0.120. The summed E-state index contributed by atoms with van der Waals surface area (Å²) in [7, 11) is 0. The van der Waals surface area contributed by atoms with Crippen molar-refractivity contribution >= 4 is 34.6 Å². The van der Waals surface area contributed by atoms with Crippen molar-refractivity contribution in [3.05, 3.63) is 58.3 Å². The van der Waals surface area contributed by atoms with Crippen LogP contribution in [0.25, 0.3) is 0 Å². The standard InChI is InChI=1S/C23H31N3OS2/c27-22(25-20-12-7-2-1-3-8-13-20)16-24-23(28)26(18-21-14-9-15-29-21)17-19-10-5-4-6-11-19/h4-6,9-11,14-15,20H,1-3,7-8,12-13,16-18H2,(H,24,28)(H,25,27). The lowest BCUT2D eigenvalue weighted by Crippen LogP contribution is -2.46. The van der Waals surface area contributed by atoms with Crippen molar-refractivity contribution in [1.29, 1.82) is 0 Å². The maximum Gasteiger partial charge on any atom is 0.239 e. The summed E-state index contributed by atoms with van der Waals surface area (Å²) in [5.41, 5.74) is 1.20. The number of thiocarbonyl (C=S) groups is 1. The van der Waals surface area contributed by atoms with Gasteiger partial charge in [-0.15, -0.1) is 11.3 Å². The van der Waals surface area contributed by atoms with Crippen molar-refractivity contribution in [3.8, 4) is 0 Å². The molecule has 156 valence electrons. The first-order valence-corrected chi connectivity index (χ1v) is 11.9. The molecule has 1 heterocycles. The monoisotopic (exact) mass is 429 g/mol. The van der Waals surface area contributed by atoms with Gasteiger partial charge in [0.25, 0.3) is 0 Å². The largest absolute Gasteiger partial charge is 0.353 e. The lowest BCUT2D eigenvalue weighted by atomic mass is 9.97. The van der Waals surface area contributed by atoms with Crippen molar-refractivity contribution in [2.45, 2.75) is 64.1 Å². The van der Waals surface area contributed by atoms with Gasteiger partial charge in [0.1, 0.15) is 0 Å². The molecule has 0 unspecified atom stereocenters. The molecule has 2 N–H and O–H groups in total. The zero-order valence-electron chi connectivity index (χ0n) is 16.9. The molecule has 1 saturated carbocycles. The summed E-state index contributed by atoms with van der Waals surface area (Å²) < 4.78 is 0. The zero-order valence-corrected chi connectivity index (χ0v) is 18.6. The van der Waals surface area contributed by atoms with Crippen LogP contribution in [0.15, 0.2) is 47.8 Å². The number of rotatable bonds is 7. The summed E-state index contributed by atoms with van der Waals surface area (Å²) >= 11 is 7.37. The molecule has 4 nitrogen and oxygen atoms in total. The van der Waals surface area contributed by atoms with Gasteiger partial charge in [-0.3, -0.25) is 4.79 Å². The summed E-state index contributed by atoms with van der Waals surface area (Å²) in [5, 5.41) is 9.08. The van der Waals surface area contributed by atoms with Crippen LogP contribution in [0.2, 0.25) is 0 Å². The molecule has 0 aliphatic heterocycles. The van der Waals surface area contributed by atoms with Crippen LogP contribution in [0.4, 0.5) is 0 Å². The molecule has 3 rings (SSSR count). The van der Waals surface area contributed by atoms with E-state index in [9.17, 15) is 4.79 Å². The summed E-state index contributed by atoms with van der Waals surface area (Å²) in [6.45, 7) is 1.68. The second kappa shape index (κ2) is 11.9. The van der Waals surface area contributed by atoms with Crippen LogP contribution < -0.4 is 10.6 Å². The third-order valence-electron chi connectivity index (χ3n) is 5.30. The number of hydrogen-bond donors (Lipinski definition) is 2. The molecule has 0 radical (unpaired) electrons. The van der Waals surface area contributed by atoms with Gasteiger partial charge >= 0.3 is 0 Å². The van der Waals surface area contributed by atoms with Crippen molar-refractivity contribution in [1.82, 2.24) is 15.5 Å². The van der Waals surface area contributed by atoms with Gasteiger partial charge in [-0.2, -0.15) is 0 Å². The topological polar surface area (TPSA) is 44.4 Å². The molecule has 1 aliphatic carbocycles. The second-order valence-electron chi connectivity index (χ2n) is 7.69. The van der Waals surface area contributed by atoms with Gasteiger partial charge in [0, 0.05) is 17.5 Å². The van der Waals surface area contributed by atoms with Crippen LogP contribution in [0.1, 0.15) is 55.4 Å². The van der Waals surface area contributed by atoms with Gasteiger partial charge in [0.2, 0.25) is 5.91 Å². The van der Waals surface area contributed by atoms with E-state index >= 15 is 0 Å². The molecule has 1 amide bonds. The van der Waals surface area contributed by atoms with Crippen molar-refractivity contribution < 1.29 is 4.79 Å². The van der Waals surface area contributed by atoms with Crippen LogP contribution in [0, 0.1) is 0 Å². The number of nitrogens with zero attached hydrogens (tertiary/aromatic N) is 1. The highest BCUT2D eigenvalue weighted by Crippen LogP contribution is 2.17. The van der Waals surface area contributed by atoms with E-state index in [1.807, 2.05) is 18.2 Å². The molecule has 1 aromatic carbocycles. The van der Waals surface area contributed by atoms with E-state index in [1.165, 1.54) is 42.5 Å². The number of amides is 1. The van der Waals surface area contributed by atoms with Crippen LogP contribution in [-0.2, 0) is 17.9 Å². The first kappa shape index (κ1) is 21.8. The van der Waals surface area contributed by atoms with E-state index in [0.717, 1.165) is 25.9 Å². The highest BCUT2D eigenvalue weighted by atomic mass is 32.1. The normalized spacial score (nSPS) is 15.2. The molecular weight excluding hydrogens is 398 g/mol. The number of nitrogens with one attached hydrogen (secondary N) is 2. The second-order valence-corrected chi connectivity index (χ2v) is 9.11. The number of benzene rings is 1. The Labute approximate surface area is 183 Å². The van der Waals surface area contributed by atoms with Crippen molar-refractivity contribution in [3.63, 3.8) is 0 Å². The third-order valence-corrected chi connectivity index (χ3v) is 6.56. The van der Waals surface area contributed by atoms with Gasteiger partial charge in [0.15, 0.2) is 5.11 Å². The van der Waals surface area contributed by atoms with Gasteiger partial charge < -0.3 is 15.5 Å². The third kappa shape index (κ3) is 7.78. The van der Waals surface area contributed by atoms with Gasteiger partial charge in [-0.1, -0.05) is 68.5 Å². The number of carbonyl (C=O) groups excluding carboxylic acids is 1. The Hall–Kier alpha value is -1.92. The van der Waals surface area contributed by atoms with Crippen LogP contribution in [0.5, 0.6) is 0 Å². The summed E-state index contributed by atoms with van der Waals surface area (Å²) in [6, 6.07) is 14.8. The Kier molecular flexibility index (Phi) is 8.96. The highest BCUT2D eigenvalue weighted by Gasteiger charge is 2.16. The summed E-state index contributed by atoms with van der Waals surface area (Å²) in [6.07, 6.45) is 8.50.